The summed E-state index contributed by atoms with van der Waals surface area (Å²) < 4.78 is 6.83. The van der Waals surface area contributed by atoms with Crippen molar-refractivity contribution in [2.24, 2.45) is 5.73 Å². The Morgan fingerprint density at radius 1 is 1.50 bits per heavy atom. The van der Waals surface area contributed by atoms with Crippen LogP contribution in [0.2, 0.25) is 0 Å². The molecule has 0 amide bonds. The maximum Gasteiger partial charge on any atom is 0.133 e. The molecular weight excluding hydrogens is 294 g/mol. The molecule has 2 unspecified atom stereocenters. The number of rotatable bonds is 2. The van der Waals surface area contributed by atoms with Crippen LogP contribution in [0.3, 0.4) is 0 Å². The van der Waals surface area contributed by atoms with Gasteiger partial charge in [0.05, 0.1) is 18.8 Å². The van der Waals surface area contributed by atoms with Crippen LogP contribution >= 0.6 is 15.9 Å². The average Bonchev–Trinajstić information content (AvgIpc) is 2.86. The first kappa shape index (κ1) is 12.4. The summed E-state index contributed by atoms with van der Waals surface area (Å²) in [5, 5.41) is 0. The lowest BCUT2D eigenvalue weighted by atomic mass is 10.1. The zero-order valence-electron chi connectivity index (χ0n) is 10.3. The molecule has 2 N–H and O–H groups in total. The molecule has 1 aromatic rings. The normalized spacial score (nSPS) is 27.3. The molecule has 2 fully saturated rings. The smallest absolute Gasteiger partial charge is 0.133 e. The van der Waals surface area contributed by atoms with Crippen LogP contribution in [0.25, 0.3) is 0 Å². The van der Waals surface area contributed by atoms with Crippen LogP contribution in [0.1, 0.15) is 24.8 Å². The Morgan fingerprint density at radius 2 is 2.39 bits per heavy atom. The average molecular weight is 312 g/mol. The predicted molar refractivity (Wildman–Crippen MR) is 74.6 cm³/mol. The molecule has 2 heterocycles. The highest BCUT2D eigenvalue weighted by molar-refractivity contribution is 9.10. The highest BCUT2D eigenvalue weighted by Gasteiger charge is 2.37. The van der Waals surface area contributed by atoms with E-state index in [0.717, 1.165) is 29.0 Å². The summed E-state index contributed by atoms with van der Waals surface area (Å²) in [6, 6.07) is 2.56. The van der Waals surface area contributed by atoms with Crippen molar-refractivity contribution in [1.82, 2.24) is 4.98 Å². The molecule has 1 aliphatic heterocycles. The van der Waals surface area contributed by atoms with Gasteiger partial charge in [-0.3, -0.25) is 0 Å². The summed E-state index contributed by atoms with van der Waals surface area (Å²) in [4.78, 5) is 6.98. The number of nitrogens with zero attached hydrogens (tertiary/aromatic N) is 2. The van der Waals surface area contributed by atoms with E-state index in [1.54, 1.807) is 0 Å². The molecule has 2 aliphatic rings. The number of nitrogens with two attached hydrogens (primary N) is 1. The number of hydrogen-bond donors (Lipinski definition) is 1. The van der Waals surface area contributed by atoms with Gasteiger partial charge in [-0.1, -0.05) is 0 Å². The molecule has 0 radical (unpaired) electrons. The van der Waals surface area contributed by atoms with Gasteiger partial charge < -0.3 is 15.4 Å². The van der Waals surface area contributed by atoms with Crippen LogP contribution in [0.5, 0.6) is 0 Å². The van der Waals surface area contributed by atoms with Gasteiger partial charge in [-0.2, -0.15) is 0 Å². The number of halogens is 1. The molecule has 1 saturated carbocycles. The molecule has 0 bridgehead atoms. The Labute approximate surface area is 116 Å². The number of hydrogen-bond acceptors (Lipinski definition) is 4. The van der Waals surface area contributed by atoms with Gasteiger partial charge in [-0.25, -0.2) is 4.98 Å². The zero-order valence-corrected chi connectivity index (χ0v) is 11.9. The van der Waals surface area contributed by atoms with Crippen molar-refractivity contribution in [3.63, 3.8) is 0 Å². The number of anilines is 1. The van der Waals surface area contributed by atoms with Crippen molar-refractivity contribution in [3.05, 3.63) is 22.3 Å². The van der Waals surface area contributed by atoms with E-state index in [9.17, 15) is 0 Å². The Morgan fingerprint density at radius 3 is 3.22 bits per heavy atom. The fraction of sp³-hybridized carbons (Fsp3) is 0.615. The first-order chi connectivity index (χ1) is 8.79. The lowest BCUT2D eigenvalue weighted by Gasteiger charge is -2.39. The Balaban J connectivity index is 1.93. The van der Waals surface area contributed by atoms with Crippen molar-refractivity contribution in [3.8, 4) is 0 Å². The van der Waals surface area contributed by atoms with E-state index in [1.165, 1.54) is 19.3 Å². The summed E-state index contributed by atoms with van der Waals surface area (Å²) in [7, 11) is 0. The van der Waals surface area contributed by atoms with Gasteiger partial charge >= 0.3 is 0 Å². The van der Waals surface area contributed by atoms with Gasteiger partial charge in [0.15, 0.2) is 0 Å². The first-order valence-electron chi connectivity index (χ1n) is 6.52. The molecule has 1 aliphatic carbocycles. The first-order valence-corrected chi connectivity index (χ1v) is 7.31. The van der Waals surface area contributed by atoms with Crippen LogP contribution in [-0.4, -0.2) is 30.3 Å². The van der Waals surface area contributed by atoms with Gasteiger partial charge in [0, 0.05) is 29.3 Å². The lowest BCUT2D eigenvalue weighted by Crippen LogP contribution is -2.49. The Bertz CT molecular complexity index is 440. The zero-order chi connectivity index (χ0) is 12.5. The quantitative estimate of drug-likeness (QED) is 0.908. The van der Waals surface area contributed by atoms with E-state index in [4.69, 9.17) is 10.5 Å². The summed E-state index contributed by atoms with van der Waals surface area (Å²) in [5.74, 6) is 1.04. The maximum atomic E-state index is 5.84. The third-order valence-corrected chi connectivity index (χ3v) is 4.32. The van der Waals surface area contributed by atoms with E-state index in [0.29, 0.717) is 18.7 Å². The molecule has 1 aromatic heterocycles. The molecule has 5 heteroatoms. The van der Waals surface area contributed by atoms with Gasteiger partial charge in [-0.15, -0.1) is 0 Å². The van der Waals surface area contributed by atoms with E-state index in [1.807, 2.05) is 6.20 Å². The van der Waals surface area contributed by atoms with Gasteiger partial charge in [0.1, 0.15) is 5.82 Å². The van der Waals surface area contributed by atoms with Crippen molar-refractivity contribution in [2.45, 2.75) is 38.0 Å². The number of ether oxygens (including phenoxy) is 1. The van der Waals surface area contributed by atoms with E-state index >= 15 is 0 Å². The molecule has 4 nitrogen and oxygen atoms in total. The molecule has 1 saturated heterocycles. The molecule has 3 rings (SSSR count). The second-order valence-corrected chi connectivity index (χ2v) is 5.86. The van der Waals surface area contributed by atoms with Crippen LogP contribution in [0.15, 0.2) is 16.7 Å². The van der Waals surface area contributed by atoms with Crippen molar-refractivity contribution >= 4 is 21.7 Å². The van der Waals surface area contributed by atoms with E-state index in [2.05, 4.69) is 31.9 Å². The number of pyridine rings is 1. The largest absolute Gasteiger partial charge is 0.374 e. The highest BCUT2D eigenvalue weighted by atomic mass is 79.9. The van der Waals surface area contributed by atoms with Crippen LogP contribution in [-0.2, 0) is 11.3 Å². The Kier molecular flexibility index (Phi) is 3.54. The molecule has 0 spiro atoms. The molecular formula is C13H18BrN3O. The maximum absolute atomic E-state index is 5.84. The fourth-order valence-corrected chi connectivity index (χ4v) is 3.45. The second kappa shape index (κ2) is 5.15. The molecule has 2 atom stereocenters. The molecule has 98 valence electrons. The Hall–Kier alpha value is -0.650. The van der Waals surface area contributed by atoms with Crippen molar-refractivity contribution < 1.29 is 4.74 Å². The SMILES string of the molecule is NCc1cc(Br)cnc1N1CCOC2CCCC21. The van der Waals surface area contributed by atoms with E-state index < -0.39 is 0 Å². The van der Waals surface area contributed by atoms with Crippen molar-refractivity contribution in [2.75, 3.05) is 18.1 Å². The van der Waals surface area contributed by atoms with Crippen LogP contribution in [0.4, 0.5) is 5.82 Å². The number of fused-ring (bicyclic) bond motifs is 1. The summed E-state index contributed by atoms with van der Waals surface area (Å²) in [6.45, 7) is 2.24. The summed E-state index contributed by atoms with van der Waals surface area (Å²) >= 11 is 3.46. The highest BCUT2D eigenvalue weighted by Crippen LogP contribution is 2.34. The van der Waals surface area contributed by atoms with Gasteiger partial charge in [0.2, 0.25) is 0 Å². The fourth-order valence-electron chi connectivity index (χ4n) is 3.07. The monoisotopic (exact) mass is 311 g/mol. The second-order valence-electron chi connectivity index (χ2n) is 4.94. The van der Waals surface area contributed by atoms with Crippen molar-refractivity contribution in [1.29, 1.82) is 0 Å². The van der Waals surface area contributed by atoms with Crippen LogP contribution in [0, 0.1) is 0 Å². The van der Waals surface area contributed by atoms with Gasteiger partial charge in [0.25, 0.3) is 0 Å². The van der Waals surface area contributed by atoms with Gasteiger partial charge in [-0.05, 0) is 41.3 Å². The van der Waals surface area contributed by atoms with Crippen LogP contribution < -0.4 is 10.6 Å². The lowest BCUT2D eigenvalue weighted by molar-refractivity contribution is 0.0252. The molecule has 18 heavy (non-hydrogen) atoms. The minimum atomic E-state index is 0.384. The third-order valence-electron chi connectivity index (χ3n) is 3.88. The minimum absolute atomic E-state index is 0.384. The third kappa shape index (κ3) is 2.15. The standard InChI is InChI=1S/C13H18BrN3O/c14-10-6-9(7-15)13(16-8-10)17-4-5-18-12-3-1-2-11(12)17/h6,8,11-12H,1-5,7,15H2. The summed E-state index contributed by atoms with van der Waals surface area (Å²) in [5.41, 5.74) is 6.95. The number of aromatic nitrogens is 1. The topological polar surface area (TPSA) is 51.4 Å². The summed E-state index contributed by atoms with van der Waals surface area (Å²) in [6.07, 6.45) is 5.87. The molecule has 0 aromatic carbocycles. The van der Waals surface area contributed by atoms with E-state index in [-0.39, 0.29) is 0 Å². The number of morpholine rings is 1. The predicted octanol–water partition coefficient (Wildman–Crippen LogP) is 2.06. The minimum Gasteiger partial charge on any atom is -0.374 e.